The average Bonchev–Trinajstić information content (AvgIpc) is 3.15. The minimum atomic E-state index is -0.709. The molecule has 7 nitrogen and oxygen atoms in total. The largest absolute Gasteiger partial charge is 0.394 e. The molecule has 0 bridgehead atoms. The monoisotopic (exact) mass is 323 g/mol. The Morgan fingerprint density at radius 1 is 1.04 bits per heavy atom. The second kappa shape index (κ2) is 7.47. The van der Waals surface area contributed by atoms with Crippen LogP contribution in [0.5, 0.6) is 0 Å². The Hall–Kier alpha value is -3.06. The van der Waals surface area contributed by atoms with Crippen molar-refractivity contribution in [3.8, 4) is 0 Å². The zero-order valence-electron chi connectivity index (χ0n) is 12.9. The van der Waals surface area contributed by atoms with Gasteiger partial charge in [-0.3, -0.25) is 4.79 Å². The predicted octanol–water partition coefficient (Wildman–Crippen LogP) is 1.11. The topological polar surface area (TPSA) is 92.9 Å². The fourth-order valence-electron chi connectivity index (χ4n) is 2.52. The highest BCUT2D eigenvalue weighted by atomic mass is 16.3. The van der Waals surface area contributed by atoms with Gasteiger partial charge in [0.05, 0.1) is 12.6 Å². The summed E-state index contributed by atoms with van der Waals surface area (Å²) in [7, 11) is 0. The number of tetrazole rings is 1. The van der Waals surface area contributed by atoms with Gasteiger partial charge in [-0.05, 0) is 21.6 Å². The smallest absolute Gasteiger partial charge is 0.250 e. The van der Waals surface area contributed by atoms with Crippen LogP contribution in [0.2, 0.25) is 0 Å². The van der Waals surface area contributed by atoms with Gasteiger partial charge in [0.25, 0.3) is 0 Å². The van der Waals surface area contributed by atoms with Crippen LogP contribution in [0.25, 0.3) is 0 Å². The Balaban J connectivity index is 1.87. The van der Waals surface area contributed by atoms with Crippen molar-refractivity contribution in [1.82, 2.24) is 25.5 Å². The standard InChI is InChI=1S/C17H17N5O2/c23-11-15(13-7-3-1-4-8-13)19-17(24)16(22-12-18-20-21-22)14-9-5-2-6-10-14/h1-10,12,15-16,23H,11H2,(H,19,24). The van der Waals surface area contributed by atoms with E-state index in [4.69, 9.17) is 0 Å². The van der Waals surface area contributed by atoms with Gasteiger partial charge in [0, 0.05) is 0 Å². The van der Waals surface area contributed by atoms with E-state index in [2.05, 4.69) is 20.8 Å². The summed E-state index contributed by atoms with van der Waals surface area (Å²) in [6, 6.07) is 17.4. The van der Waals surface area contributed by atoms with Crippen LogP contribution in [-0.4, -0.2) is 37.8 Å². The number of hydrogen-bond acceptors (Lipinski definition) is 5. The summed E-state index contributed by atoms with van der Waals surface area (Å²) in [5, 5.41) is 23.6. The second-order valence-electron chi connectivity index (χ2n) is 5.26. The van der Waals surface area contributed by atoms with Crippen molar-refractivity contribution in [2.24, 2.45) is 0 Å². The van der Waals surface area contributed by atoms with Crippen LogP contribution in [0.15, 0.2) is 67.0 Å². The summed E-state index contributed by atoms with van der Waals surface area (Å²) in [5.41, 5.74) is 1.59. The molecule has 0 saturated heterocycles. The number of aliphatic hydroxyl groups is 1. The Bertz CT molecular complexity index is 762. The Morgan fingerprint density at radius 2 is 1.67 bits per heavy atom. The van der Waals surface area contributed by atoms with Crippen LogP contribution in [-0.2, 0) is 4.79 Å². The molecule has 3 aromatic rings. The normalized spacial score (nSPS) is 13.2. The minimum absolute atomic E-state index is 0.202. The van der Waals surface area contributed by atoms with E-state index >= 15 is 0 Å². The molecule has 0 radical (unpaired) electrons. The van der Waals surface area contributed by atoms with Crippen LogP contribution in [0.3, 0.4) is 0 Å². The molecule has 2 unspecified atom stereocenters. The molecular formula is C17H17N5O2. The lowest BCUT2D eigenvalue weighted by molar-refractivity contribution is -0.124. The minimum Gasteiger partial charge on any atom is -0.394 e. The number of carbonyl (C=O) groups is 1. The van der Waals surface area contributed by atoms with Gasteiger partial charge in [-0.25, -0.2) is 4.68 Å². The molecule has 0 spiro atoms. The zero-order chi connectivity index (χ0) is 16.8. The lowest BCUT2D eigenvalue weighted by Gasteiger charge is -2.21. The molecule has 2 aromatic carbocycles. The van der Waals surface area contributed by atoms with Gasteiger partial charge in [0.2, 0.25) is 5.91 Å². The van der Waals surface area contributed by atoms with Crippen LogP contribution < -0.4 is 5.32 Å². The number of aromatic nitrogens is 4. The van der Waals surface area contributed by atoms with Crippen LogP contribution in [0.4, 0.5) is 0 Å². The molecule has 24 heavy (non-hydrogen) atoms. The third-order valence-corrected chi connectivity index (χ3v) is 3.69. The molecule has 7 heteroatoms. The number of amides is 1. The number of aliphatic hydroxyl groups excluding tert-OH is 1. The SMILES string of the molecule is O=C(NC(CO)c1ccccc1)C(c1ccccc1)n1cnnn1. The molecule has 1 amide bonds. The molecule has 0 aliphatic rings. The highest BCUT2D eigenvalue weighted by Gasteiger charge is 2.26. The molecule has 3 rings (SSSR count). The van der Waals surface area contributed by atoms with E-state index in [0.29, 0.717) is 0 Å². The fourth-order valence-corrected chi connectivity index (χ4v) is 2.52. The molecule has 0 fully saturated rings. The van der Waals surface area contributed by atoms with Gasteiger partial charge < -0.3 is 10.4 Å². The van der Waals surface area contributed by atoms with E-state index < -0.39 is 12.1 Å². The van der Waals surface area contributed by atoms with Crippen LogP contribution >= 0.6 is 0 Å². The van der Waals surface area contributed by atoms with Crippen LogP contribution in [0, 0.1) is 0 Å². The number of hydrogen-bond donors (Lipinski definition) is 2. The Kier molecular flexibility index (Phi) is 4.93. The van der Waals surface area contributed by atoms with Gasteiger partial charge in [-0.1, -0.05) is 60.7 Å². The quantitative estimate of drug-likeness (QED) is 0.709. The molecule has 2 N–H and O–H groups in total. The predicted molar refractivity (Wildman–Crippen MR) is 86.8 cm³/mol. The fraction of sp³-hybridized carbons (Fsp3) is 0.176. The summed E-state index contributed by atoms with van der Waals surface area (Å²) in [4.78, 5) is 12.8. The van der Waals surface area contributed by atoms with Gasteiger partial charge in [-0.2, -0.15) is 0 Å². The van der Waals surface area contributed by atoms with Crippen molar-refractivity contribution in [3.05, 3.63) is 78.1 Å². The van der Waals surface area contributed by atoms with Gasteiger partial charge in [0.1, 0.15) is 6.33 Å². The highest BCUT2D eigenvalue weighted by molar-refractivity contribution is 5.83. The summed E-state index contributed by atoms with van der Waals surface area (Å²) < 4.78 is 1.39. The molecule has 1 aromatic heterocycles. The van der Waals surface area contributed by atoms with Gasteiger partial charge >= 0.3 is 0 Å². The Labute approximate surface area is 138 Å². The van der Waals surface area contributed by atoms with E-state index in [9.17, 15) is 9.90 Å². The first-order valence-corrected chi connectivity index (χ1v) is 7.53. The van der Waals surface area contributed by atoms with Crippen molar-refractivity contribution in [2.45, 2.75) is 12.1 Å². The summed E-state index contributed by atoms with van der Waals surface area (Å²) in [6.07, 6.45) is 1.40. The first-order chi connectivity index (χ1) is 11.8. The van der Waals surface area contributed by atoms with E-state index in [1.54, 1.807) is 0 Å². The summed E-state index contributed by atoms with van der Waals surface area (Å²) in [5.74, 6) is -0.295. The third-order valence-electron chi connectivity index (χ3n) is 3.69. The third kappa shape index (κ3) is 3.47. The van der Waals surface area contributed by atoms with Gasteiger partial charge in [-0.15, -0.1) is 5.10 Å². The number of nitrogens with zero attached hydrogens (tertiary/aromatic N) is 4. The molecule has 0 saturated carbocycles. The molecule has 122 valence electrons. The van der Waals surface area contributed by atoms with Crippen LogP contribution in [0.1, 0.15) is 23.2 Å². The number of benzene rings is 2. The van der Waals surface area contributed by atoms with Crippen molar-refractivity contribution < 1.29 is 9.90 Å². The summed E-state index contributed by atoms with van der Waals surface area (Å²) >= 11 is 0. The van der Waals surface area contributed by atoms with Crippen molar-refractivity contribution in [2.75, 3.05) is 6.61 Å². The van der Waals surface area contributed by atoms with Crippen molar-refractivity contribution in [1.29, 1.82) is 0 Å². The van der Waals surface area contributed by atoms with Crippen molar-refractivity contribution >= 4 is 5.91 Å². The zero-order valence-corrected chi connectivity index (χ0v) is 12.9. The lowest BCUT2D eigenvalue weighted by atomic mass is 10.0. The van der Waals surface area contributed by atoms with E-state index in [0.717, 1.165) is 11.1 Å². The first kappa shape index (κ1) is 15.8. The number of nitrogens with one attached hydrogen (secondary N) is 1. The maximum atomic E-state index is 12.8. The molecule has 0 aliphatic heterocycles. The molecular weight excluding hydrogens is 306 g/mol. The van der Waals surface area contributed by atoms with E-state index in [1.165, 1.54) is 11.0 Å². The highest BCUT2D eigenvalue weighted by Crippen LogP contribution is 2.19. The number of rotatable bonds is 6. The summed E-state index contributed by atoms with van der Waals surface area (Å²) in [6.45, 7) is -0.202. The maximum absolute atomic E-state index is 12.8. The second-order valence-corrected chi connectivity index (χ2v) is 5.26. The molecule has 2 atom stereocenters. The van der Waals surface area contributed by atoms with Gasteiger partial charge in [0.15, 0.2) is 6.04 Å². The maximum Gasteiger partial charge on any atom is 0.250 e. The Morgan fingerprint density at radius 3 is 2.21 bits per heavy atom. The number of carbonyl (C=O) groups excluding carboxylic acids is 1. The van der Waals surface area contributed by atoms with E-state index in [1.807, 2.05) is 60.7 Å². The average molecular weight is 323 g/mol. The molecule has 0 aliphatic carbocycles. The molecule has 1 heterocycles. The van der Waals surface area contributed by atoms with Crippen molar-refractivity contribution in [3.63, 3.8) is 0 Å². The van der Waals surface area contributed by atoms with E-state index in [-0.39, 0.29) is 12.5 Å². The lowest BCUT2D eigenvalue weighted by Crippen LogP contribution is -2.37. The first-order valence-electron chi connectivity index (χ1n) is 7.53.